The van der Waals surface area contributed by atoms with Crippen LogP contribution in [-0.4, -0.2) is 6.18 Å². The summed E-state index contributed by atoms with van der Waals surface area (Å²) in [5, 5.41) is 0. The summed E-state index contributed by atoms with van der Waals surface area (Å²) in [6.07, 6.45) is 2.93. The maximum absolute atomic E-state index is 12.2. The summed E-state index contributed by atoms with van der Waals surface area (Å²) in [6, 6.07) is 0. The molecule has 0 fully saturated rings. The molecule has 0 bridgehead atoms. The van der Waals surface area contributed by atoms with Crippen LogP contribution >= 0.6 is 0 Å². The fraction of sp³-hybridized carbons (Fsp3) is 0.400. The first-order valence-corrected chi connectivity index (χ1v) is 4.09. The highest BCUT2D eigenvalue weighted by Crippen LogP contribution is 2.26. The lowest BCUT2D eigenvalue weighted by molar-refractivity contribution is -0.0881. The summed E-state index contributed by atoms with van der Waals surface area (Å²) in [5.74, 6) is 0. The van der Waals surface area contributed by atoms with Gasteiger partial charge in [0.25, 0.3) is 0 Å². The van der Waals surface area contributed by atoms with Crippen molar-refractivity contribution in [2.75, 3.05) is 0 Å². The Labute approximate surface area is 76.5 Å². The zero-order chi connectivity index (χ0) is 10.3. The summed E-state index contributed by atoms with van der Waals surface area (Å²) < 4.78 is 36.6. The molecule has 0 spiro atoms. The topological polar surface area (TPSA) is 0 Å². The summed E-state index contributed by atoms with van der Waals surface area (Å²) in [4.78, 5) is 0. The normalized spacial score (nSPS) is 14.7. The minimum Gasteiger partial charge on any atom is -0.166 e. The van der Waals surface area contributed by atoms with E-state index in [9.17, 15) is 13.2 Å². The second-order valence-corrected chi connectivity index (χ2v) is 2.46. The van der Waals surface area contributed by atoms with Crippen molar-refractivity contribution < 1.29 is 13.2 Å². The molecule has 0 aromatic carbocycles. The minimum atomic E-state index is -4.26. The van der Waals surface area contributed by atoms with E-state index in [2.05, 4.69) is 0 Å². The largest absolute Gasteiger partial charge is 0.416 e. The van der Waals surface area contributed by atoms with E-state index in [-0.39, 0.29) is 0 Å². The Morgan fingerprint density at radius 1 is 1.31 bits per heavy atom. The number of hydrogen-bond acceptors (Lipinski definition) is 0. The molecule has 74 valence electrons. The molecule has 0 atom stereocenters. The van der Waals surface area contributed by atoms with Gasteiger partial charge in [0.1, 0.15) is 0 Å². The molecular formula is C10H13F3. The zero-order valence-electron chi connectivity index (χ0n) is 7.73. The summed E-state index contributed by atoms with van der Waals surface area (Å²) in [7, 11) is 0. The number of hydrogen-bond donors (Lipinski definition) is 0. The Kier molecular flexibility index (Phi) is 5.19. The number of alkyl halides is 3. The summed E-state index contributed by atoms with van der Waals surface area (Å²) in [5.41, 5.74) is -0.618. The standard InChI is InChI=1S/C10H13F3/c1-3-5-7-9(8-6-4-2)10(11,12)13/h3,5-8H,4H2,1-2H3/b5-3+,8-6-,9-7+. The quantitative estimate of drug-likeness (QED) is 0.589. The second kappa shape index (κ2) is 5.62. The highest BCUT2D eigenvalue weighted by atomic mass is 19.4. The van der Waals surface area contributed by atoms with Crippen molar-refractivity contribution in [1.82, 2.24) is 0 Å². The lowest BCUT2D eigenvalue weighted by Crippen LogP contribution is -2.09. The van der Waals surface area contributed by atoms with E-state index in [1.54, 1.807) is 19.9 Å². The predicted octanol–water partition coefficient (Wildman–Crippen LogP) is 4.02. The molecule has 0 amide bonds. The Morgan fingerprint density at radius 3 is 2.31 bits per heavy atom. The van der Waals surface area contributed by atoms with Gasteiger partial charge in [-0.2, -0.15) is 13.2 Å². The van der Waals surface area contributed by atoms with E-state index in [0.29, 0.717) is 6.42 Å². The van der Waals surface area contributed by atoms with Crippen molar-refractivity contribution in [3.05, 3.63) is 36.0 Å². The average Bonchev–Trinajstić information content (AvgIpc) is 2.02. The van der Waals surface area contributed by atoms with Gasteiger partial charge in [-0.15, -0.1) is 0 Å². The SMILES string of the molecule is C/C=C/C=C(\C=C/CC)C(F)(F)F. The van der Waals surface area contributed by atoms with Crippen LogP contribution in [0, 0.1) is 0 Å². The smallest absolute Gasteiger partial charge is 0.166 e. The third kappa shape index (κ3) is 5.28. The highest BCUT2D eigenvalue weighted by molar-refractivity contribution is 5.27. The molecule has 3 heteroatoms. The zero-order valence-corrected chi connectivity index (χ0v) is 7.73. The molecular weight excluding hydrogens is 177 g/mol. The van der Waals surface area contributed by atoms with Crippen LogP contribution in [0.4, 0.5) is 13.2 Å². The van der Waals surface area contributed by atoms with Crippen molar-refractivity contribution >= 4 is 0 Å². The molecule has 0 rings (SSSR count). The molecule has 0 radical (unpaired) electrons. The molecule has 0 nitrogen and oxygen atoms in total. The molecule has 0 aliphatic heterocycles. The van der Waals surface area contributed by atoms with E-state index in [1.165, 1.54) is 12.2 Å². The van der Waals surface area contributed by atoms with Crippen LogP contribution in [0.25, 0.3) is 0 Å². The average molecular weight is 190 g/mol. The number of rotatable bonds is 3. The Bertz CT molecular complexity index is 219. The van der Waals surface area contributed by atoms with Gasteiger partial charge in [0.2, 0.25) is 0 Å². The van der Waals surface area contributed by atoms with Gasteiger partial charge in [0.05, 0.1) is 5.57 Å². The summed E-state index contributed by atoms with van der Waals surface area (Å²) in [6.45, 7) is 3.47. The van der Waals surface area contributed by atoms with Crippen LogP contribution in [0.2, 0.25) is 0 Å². The minimum absolute atomic E-state index is 0.600. The van der Waals surface area contributed by atoms with E-state index in [4.69, 9.17) is 0 Å². The van der Waals surface area contributed by atoms with Crippen molar-refractivity contribution in [2.45, 2.75) is 26.4 Å². The van der Waals surface area contributed by atoms with Gasteiger partial charge in [0, 0.05) is 0 Å². The van der Waals surface area contributed by atoms with Gasteiger partial charge in [0.15, 0.2) is 0 Å². The van der Waals surface area contributed by atoms with E-state index < -0.39 is 11.7 Å². The van der Waals surface area contributed by atoms with Gasteiger partial charge in [-0.1, -0.05) is 37.3 Å². The lowest BCUT2D eigenvalue weighted by Gasteiger charge is -2.05. The van der Waals surface area contributed by atoms with Crippen LogP contribution in [0.3, 0.4) is 0 Å². The Hall–Kier alpha value is -0.990. The van der Waals surface area contributed by atoms with Crippen LogP contribution in [-0.2, 0) is 0 Å². The number of allylic oxidation sites excluding steroid dienone is 6. The molecule has 0 heterocycles. The van der Waals surface area contributed by atoms with Gasteiger partial charge in [-0.05, 0) is 13.3 Å². The van der Waals surface area contributed by atoms with Crippen molar-refractivity contribution in [2.24, 2.45) is 0 Å². The maximum Gasteiger partial charge on any atom is 0.416 e. The first kappa shape index (κ1) is 12.0. The summed E-state index contributed by atoms with van der Waals surface area (Å²) >= 11 is 0. The highest BCUT2D eigenvalue weighted by Gasteiger charge is 2.30. The van der Waals surface area contributed by atoms with Crippen molar-refractivity contribution in [1.29, 1.82) is 0 Å². The van der Waals surface area contributed by atoms with Gasteiger partial charge < -0.3 is 0 Å². The van der Waals surface area contributed by atoms with Crippen LogP contribution < -0.4 is 0 Å². The molecule has 13 heavy (non-hydrogen) atoms. The lowest BCUT2D eigenvalue weighted by atomic mass is 10.2. The second-order valence-electron chi connectivity index (χ2n) is 2.46. The van der Waals surface area contributed by atoms with Crippen LogP contribution in [0.1, 0.15) is 20.3 Å². The third-order valence-corrected chi connectivity index (χ3v) is 1.33. The molecule has 0 unspecified atom stereocenters. The van der Waals surface area contributed by atoms with Crippen molar-refractivity contribution in [3.8, 4) is 0 Å². The van der Waals surface area contributed by atoms with Crippen molar-refractivity contribution in [3.63, 3.8) is 0 Å². The monoisotopic (exact) mass is 190 g/mol. The predicted molar refractivity (Wildman–Crippen MR) is 48.4 cm³/mol. The first-order valence-electron chi connectivity index (χ1n) is 4.09. The molecule has 0 saturated carbocycles. The third-order valence-electron chi connectivity index (χ3n) is 1.33. The first-order chi connectivity index (χ1) is 6.02. The fourth-order valence-electron chi connectivity index (χ4n) is 0.689. The van der Waals surface area contributed by atoms with Gasteiger partial charge >= 0.3 is 6.18 Å². The van der Waals surface area contributed by atoms with E-state index >= 15 is 0 Å². The molecule has 0 aromatic rings. The van der Waals surface area contributed by atoms with Gasteiger partial charge in [-0.3, -0.25) is 0 Å². The van der Waals surface area contributed by atoms with Crippen LogP contribution in [0.5, 0.6) is 0 Å². The Balaban J connectivity index is 4.66. The molecule has 0 aromatic heterocycles. The van der Waals surface area contributed by atoms with E-state index in [1.807, 2.05) is 0 Å². The maximum atomic E-state index is 12.2. The Morgan fingerprint density at radius 2 is 1.92 bits per heavy atom. The molecule has 0 N–H and O–H groups in total. The number of halogens is 3. The molecule has 0 aliphatic carbocycles. The fourth-order valence-corrected chi connectivity index (χ4v) is 0.689. The van der Waals surface area contributed by atoms with Crippen LogP contribution in [0.15, 0.2) is 36.0 Å². The van der Waals surface area contributed by atoms with Gasteiger partial charge in [-0.25, -0.2) is 0 Å². The molecule has 0 aliphatic rings. The molecule has 0 saturated heterocycles. The van der Waals surface area contributed by atoms with E-state index in [0.717, 1.165) is 12.2 Å².